The van der Waals surface area contributed by atoms with Gasteiger partial charge in [-0.1, -0.05) is 0 Å². The fourth-order valence-corrected chi connectivity index (χ4v) is 4.28. The van der Waals surface area contributed by atoms with E-state index >= 15 is 0 Å². The molecule has 0 aliphatic heterocycles. The number of nitrogens with zero attached hydrogens (tertiary/aromatic N) is 2. The largest absolute Gasteiger partial charge is 0.497 e. The van der Waals surface area contributed by atoms with Crippen LogP contribution in [0.25, 0.3) is 11.3 Å². The van der Waals surface area contributed by atoms with E-state index in [1.165, 1.54) is 42.7 Å². The molecule has 0 saturated heterocycles. The minimum absolute atomic E-state index is 0.0205. The van der Waals surface area contributed by atoms with E-state index in [1.54, 1.807) is 24.3 Å². The molecule has 0 radical (unpaired) electrons. The maximum Gasteiger partial charge on any atom is 0.269 e. The lowest BCUT2D eigenvalue weighted by Gasteiger charge is -2.06. The summed E-state index contributed by atoms with van der Waals surface area (Å²) in [6, 6.07) is 12.3. The van der Waals surface area contributed by atoms with Crippen LogP contribution in [0.5, 0.6) is 5.75 Å². The van der Waals surface area contributed by atoms with Gasteiger partial charge in [-0.25, -0.2) is 18.1 Å². The van der Waals surface area contributed by atoms with Gasteiger partial charge in [-0.2, -0.15) is 0 Å². The second-order valence-corrected chi connectivity index (χ2v) is 8.46. The molecule has 0 bridgehead atoms. The number of benzene rings is 2. The topological polar surface area (TPSA) is 111 Å². The Morgan fingerprint density at radius 2 is 1.82 bits per heavy atom. The van der Waals surface area contributed by atoms with Crippen LogP contribution >= 0.6 is 11.3 Å². The predicted molar refractivity (Wildman–Crippen MR) is 106 cm³/mol. The smallest absolute Gasteiger partial charge is 0.269 e. The molecule has 0 aliphatic rings. The maximum atomic E-state index is 12.3. The normalized spacial score (nSPS) is 11.3. The van der Waals surface area contributed by atoms with E-state index in [1.807, 2.05) is 5.38 Å². The van der Waals surface area contributed by atoms with Crippen LogP contribution in [0.2, 0.25) is 0 Å². The number of ether oxygens (including phenoxy) is 1. The summed E-state index contributed by atoms with van der Waals surface area (Å²) in [6.45, 7) is 0.210. The van der Waals surface area contributed by atoms with E-state index in [-0.39, 0.29) is 17.1 Å². The van der Waals surface area contributed by atoms with Gasteiger partial charge in [-0.15, -0.1) is 11.3 Å². The van der Waals surface area contributed by atoms with Crippen molar-refractivity contribution in [3.63, 3.8) is 0 Å². The van der Waals surface area contributed by atoms with Gasteiger partial charge in [0.25, 0.3) is 5.69 Å². The molecule has 2 aromatic carbocycles. The molecule has 28 heavy (non-hydrogen) atoms. The molecule has 0 fully saturated rings. The zero-order chi connectivity index (χ0) is 20.1. The van der Waals surface area contributed by atoms with E-state index in [0.717, 1.165) is 10.6 Å². The molecule has 0 saturated carbocycles. The number of nitro benzene ring substituents is 1. The van der Waals surface area contributed by atoms with Crippen molar-refractivity contribution in [1.29, 1.82) is 0 Å². The summed E-state index contributed by atoms with van der Waals surface area (Å²) in [5.41, 5.74) is 1.49. The summed E-state index contributed by atoms with van der Waals surface area (Å²) >= 11 is 1.41. The summed E-state index contributed by atoms with van der Waals surface area (Å²) in [5.74, 6) is 0.584. The van der Waals surface area contributed by atoms with Crippen molar-refractivity contribution in [2.24, 2.45) is 0 Å². The predicted octanol–water partition coefficient (Wildman–Crippen LogP) is 3.25. The zero-order valence-corrected chi connectivity index (χ0v) is 16.5. The molecular weight excluding hydrogens is 402 g/mol. The van der Waals surface area contributed by atoms with Crippen LogP contribution in [0.4, 0.5) is 5.69 Å². The number of aromatic nitrogens is 1. The molecule has 0 aliphatic carbocycles. The summed E-state index contributed by atoms with van der Waals surface area (Å²) < 4.78 is 32.2. The first-order valence-electron chi connectivity index (χ1n) is 8.22. The molecule has 10 heteroatoms. The van der Waals surface area contributed by atoms with Crippen molar-refractivity contribution in [3.8, 4) is 17.0 Å². The molecular formula is C18H17N3O5S2. The number of sulfonamides is 1. The molecule has 0 spiro atoms. The van der Waals surface area contributed by atoms with Gasteiger partial charge in [0.1, 0.15) is 5.75 Å². The number of non-ortho nitro benzene ring substituents is 1. The maximum absolute atomic E-state index is 12.3. The third-order valence-corrected chi connectivity index (χ3v) is 6.31. The van der Waals surface area contributed by atoms with Crippen LogP contribution in [0.3, 0.4) is 0 Å². The van der Waals surface area contributed by atoms with Crippen molar-refractivity contribution >= 4 is 27.0 Å². The number of nitro groups is 1. The van der Waals surface area contributed by atoms with Crippen molar-refractivity contribution in [3.05, 3.63) is 69.0 Å². The lowest BCUT2D eigenvalue weighted by atomic mass is 10.1. The Labute approximate surface area is 166 Å². The van der Waals surface area contributed by atoms with Crippen LogP contribution in [-0.2, 0) is 16.4 Å². The van der Waals surface area contributed by atoms with Crippen molar-refractivity contribution in [1.82, 2.24) is 9.71 Å². The standard InChI is InChI=1S/C18H17N3O5S2/c1-26-15-6-8-16(9-7-15)28(24,25)19-11-10-18-20-17(12-27-18)13-2-4-14(5-3-13)21(22)23/h2-9,12,19H,10-11H2,1H3. The van der Waals surface area contributed by atoms with Gasteiger partial charge in [0.2, 0.25) is 10.0 Å². The third kappa shape index (κ3) is 4.71. The molecule has 1 heterocycles. The first-order valence-corrected chi connectivity index (χ1v) is 10.6. The summed E-state index contributed by atoms with van der Waals surface area (Å²) in [6.07, 6.45) is 0.438. The molecule has 1 N–H and O–H groups in total. The Morgan fingerprint density at radius 1 is 1.14 bits per heavy atom. The molecule has 8 nitrogen and oxygen atoms in total. The van der Waals surface area contributed by atoms with Gasteiger partial charge >= 0.3 is 0 Å². The first kappa shape index (κ1) is 19.9. The van der Waals surface area contributed by atoms with Gasteiger partial charge < -0.3 is 4.74 Å². The highest BCUT2D eigenvalue weighted by atomic mass is 32.2. The molecule has 0 unspecified atom stereocenters. The molecule has 3 rings (SSSR count). The number of nitrogens with one attached hydrogen (secondary N) is 1. The Bertz CT molecular complexity index is 1060. The molecule has 146 valence electrons. The average Bonchev–Trinajstić information content (AvgIpc) is 3.17. The Morgan fingerprint density at radius 3 is 2.43 bits per heavy atom. The quantitative estimate of drug-likeness (QED) is 0.443. The van der Waals surface area contributed by atoms with Crippen molar-refractivity contribution in [2.45, 2.75) is 11.3 Å². The summed E-state index contributed by atoms with van der Waals surface area (Å²) in [7, 11) is -2.09. The Balaban J connectivity index is 1.60. The zero-order valence-electron chi connectivity index (χ0n) is 14.9. The van der Waals surface area contributed by atoms with Gasteiger partial charge in [-0.05, 0) is 36.4 Å². The van der Waals surface area contributed by atoms with Crippen molar-refractivity contribution in [2.75, 3.05) is 13.7 Å². The van der Waals surface area contributed by atoms with Gasteiger partial charge in [-0.3, -0.25) is 10.1 Å². The average molecular weight is 419 g/mol. The van der Waals surface area contributed by atoms with Crippen LogP contribution in [0.1, 0.15) is 5.01 Å². The third-order valence-electron chi connectivity index (χ3n) is 3.93. The van der Waals surface area contributed by atoms with E-state index < -0.39 is 14.9 Å². The lowest BCUT2D eigenvalue weighted by Crippen LogP contribution is -2.25. The number of hydrogen-bond acceptors (Lipinski definition) is 7. The minimum Gasteiger partial charge on any atom is -0.497 e. The summed E-state index contributed by atoms with van der Waals surface area (Å²) in [4.78, 5) is 14.9. The fraction of sp³-hybridized carbons (Fsp3) is 0.167. The van der Waals surface area contributed by atoms with E-state index in [0.29, 0.717) is 17.9 Å². The van der Waals surface area contributed by atoms with Crippen molar-refractivity contribution < 1.29 is 18.1 Å². The number of methoxy groups -OCH3 is 1. The second kappa shape index (κ2) is 8.46. The molecule has 0 atom stereocenters. The molecule has 0 amide bonds. The molecule has 3 aromatic rings. The van der Waals surface area contributed by atoms with Gasteiger partial charge in [0, 0.05) is 36.0 Å². The highest BCUT2D eigenvalue weighted by Gasteiger charge is 2.14. The van der Waals surface area contributed by atoms with Crippen LogP contribution in [0.15, 0.2) is 58.8 Å². The number of hydrogen-bond donors (Lipinski definition) is 1. The summed E-state index contributed by atoms with van der Waals surface area (Å²) in [5, 5.41) is 13.3. The highest BCUT2D eigenvalue weighted by Crippen LogP contribution is 2.24. The van der Waals surface area contributed by atoms with Crippen LogP contribution in [-0.4, -0.2) is 32.0 Å². The van der Waals surface area contributed by atoms with Crippen LogP contribution < -0.4 is 9.46 Å². The SMILES string of the molecule is COc1ccc(S(=O)(=O)NCCc2nc(-c3ccc([N+](=O)[O-])cc3)cs2)cc1. The minimum atomic E-state index is -3.61. The van der Waals surface area contributed by atoms with E-state index in [9.17, 15) is 18.5 Å². The first-order chi connectivity index (χ1) is 13.4. The Hall–Kier alpha value is -2.82. The van der Waals surface area contributed by atoms with Gasteiger partial charge in [0.15, 0.2) is 0 Å². The monoisotopic (exact) mass is 419 g/mol. The number of rotatable bonds is 8. The van der Waals surface area contributed by atoms with E-state index in [2.05, 4.69) is 9.71 Å². The highest BCUT2D eigenvalue weighted by molar-refractivity contribution is 7.89. The second-order valence-electron chi connectivity index (χ2n) is 5.75. The van der Waals surface area contributed by atoms with E-state index in [4.69, 9.17) is 4.74 Å². The Kier molecular flexibility index (Phi) is 6.02. The lowest BCUT2D eigenvalue weighted by molar-refractivity contribution is -0.384. The van der Waals surface area contributed by atoms with Crippen LogP contribution in [0, 0.1) is 10.1 Å². The fourth-order valence-electron chi connectivity index (χ4n) is 2.44. The number of thiazole rings is 1. The van der Waals surface area contributed by atoms with Gasteiger partial charge in [0.05, 0.1) is 27.6 Å². The molecule has 1 aromatic heterocycles.